The Morgan fingerprint density at radius 3 is 3.00 bits per heavy atom. The summed E-state index contributed by atoms with van der Waals surface area (Å²) in [6, 6.07) is 4.11. The second kappa shape index (κ2) is 3.51. The summed E-state index contributed by atoms with van der Waals surface area (Å²) in [5.41, 5.74) is 5.59. The molecule has 2 heterocycles. The van der Waals surface area contributed by atoms with Crippen molar-refractivity contribution in [3.05, 3.63) is 33.1 Å². The minimum Gasteiger partial charge on any atom is -0.381 e. The van der Waals surface area contributed by atoms with Gasteiger partial charge in [0.2, 0.25) is 0 Å². The number of halogens is 1. The molecule has 0 saturated heterocycles. The SMILES string of the molecule is Nc1nn(Cc2cccs2)cc1Br. The molecule has 0 saturated carbocycles. The summed E-state index contributed by atoms with van der Waals surface area (Å²) in [5, 5.41) is 6.19. The molecule has 0 aliphatic carbocycles. The second-order valence-corrected chi connectivity index (χ2v) is 4.53. The Kier molecular flexibility index (Phi) is 2.37. The van der Waals surface area contributed by atoms with E-state index in [1.807, 2.05) is 16.9 Å². The Bertz CT molecular complexity index is 374. The molecule has 0 atom stereocenters. The van der Waals surface area contributed by atoms with Gasteiger partial charge in [-0.15, -0.1) is 11.3 Å². The molecule has 2 rings (SSSR count). The third kappa shape index (κ3) is 1.92. The highest BCUT2D eigenvalue weighted by atomic mass is 79.9. The zero-order valence-corrected chi connectivity index (χ0v) is 9.18. The summed E-state index contributed by atoms with van der Waals surface area (Å²) < 4.78 is 2.68. The predicted octanol–water partition coefficient (Wildman–Crippen LogP) is 2.34. The number of nitrogen functional groups attached to an aromatic ring is 1. The number of thiophene rings is 1. The summed E-state index contributed by atoms with van der Waals surface area (Å²) in [6.07, 6.45) is 1.88. The standard InChI is InChI=1S/C8H8BrN3S/c9-7-5-12(11-8(7)10)4-6-2-1-3-13-6/h1-3,5H,4H2,(H2,10,11). The fourth-order valence-corrected chi connectivity index (χ4v) is 2.07. The lowest BCUT2D eigenvalue weighted by Gasteiger charge is -1.95. The van der Waals surface area contributed by atoms with E-state index in [9.17, 15) is 0 Å². The van der Waals surface area contributed by atoms with Crippen LogP contribution in [0.1, 0.15) is 4.88 Å². The van der Waals surface area contributed by atoms with Gasteiger partial charge < -0.3 is 5.73 Å². The average Bonchev–Trinajstić information content (AvgIpc) is 2.64. The summed E-state index contributed by atoms with van der Waals surface area (Å²) in [4.78, 5) is 1.27. The third-order valence-corrected chi connectivity index (χ3v) is 3.11. The van der Waals surface area contributed by atoms with Crippen LogP contribution in [-0.2, 0) is 6.54 Å². The van der Waals surface area contributed by atoms with Crippen molar-refractivity contribution in [1.29, 1.82) is 0 Å². The van der Waals surface area contributed by atoms with Crippen LogP contribution in [0.25, 0.3) is 0 Å². The smallest absolute Gasteiger partial charge is 0.159 e. The molecule has 2 aromatic heterocycles. The first-order chi connectivity index (χ1) is 6.25. The molecule has 3 nitrogen and oxygen atoms in total. The number of hydrogen-bond acceptors (Lipinski definition) is 3. The lowest BCUT2D eigenvalue weighted by Crippen LogP contribution is -1.99. The van der Waals surface area contributed by atoms with E-state index in [1.165, 1.54) is 4.88 Å². The molecular formula is C8H8BrN3S. The third-order valence-electron chi connectivity index (χ3n) is 1.64. The number of anilines is 1. The Hall–Kier alpha value is -0.810. The number of nitrogens with zero attached hydrogens (tertiary/aromatic N) is 2. The first-order valence-corrected chi connectivity index (χ1v) is 5.44. The molecule has 68 valence electrons. The Labute approximate surface area is 88.3 Å². The lowest BCUT2D eigenvalue weighted by atomic mass is 10.5. The maximum absolute atomic E-state index is 5.59. The van der Waals surface area contributed by atoms with Crippen LogP contribution in [-0.4, -0.2) is 9.78 Å². The number of hydrogen-bond donors (Lipinski definition) is 1. The summed E-state index contributed by atoms with van der Waals surface area (Å²) in [6.45, 7) is 0.785. The van der Waals surface area contributed by atoms with Gasteiger partial charge in [0, 0.05) is 11.1 Å². The number of nitrogens with two attached hydrogens (primary N) is 1. The van der Waals surface area contributed by atoms with Crippen LogP contribution < -0.4 is 5.73 Å². The molecule has 0 radical (unpaired) electrons. The number of rotatable bonds is 2. The van der Waals surface area contributed by atoms with E-state index in [0.29, 0.717) is 5.82 Å². The van der Waals surface area contributed by atoms with Crippen LogP contribution in [0.3, 0.4) is 0 Å². The largest absolute Gasteiger partial charge is 0.381 e. The van der Waals surface area contributed by atoms with Crippen molar-refractivity contribution in [2.24, 2.45) is 0 Å². The highest BCUT2D eigenvalue weighted by Crippen LogP contribution is 2.18. The van der Waals surface area contributed by atoms with Crippen LogP contribution in [0.2, 0.25) is 0 Å². The van der Waals surface area contributed by atoms with Gasteiger partial charge in [0.25, 0.3) is 0 Å². The molecule has 13 heavy (non-hydrogen) atoms. The molecule has 2 N–H and O–H groups in total. The zero-order valence-electron chi connectivity index (χ0n) is 6.77. The van der Waals surface area contributed by atoms with Gasteiger partial charge in [0.05, 0.1) is 11.0 Å². The van der Waals surface area contributed by atoms with Gasteiger partial charge in [-0.2, -0.15) is 5.10 Å². The highest BCUT2D eigenvalue weighted by molar-refractivity contribution is 9.10. The van der Waals surface area contributed by atoms with E-state index in [1.54, 1.807) is 11.3 Å². The molecule has 0 aliphatic rings. The quantitative estimate of drug-likeness (QED) is 0.898. The van der Waals surface area contributed by atoms with Gasteiger partial charge >= 0.3 is 0 Å². The van der Waals surface area contributed by atoms with E-state index in [2.05, 4.69) is 32.5 Å². The molecule has 2 aromatic rings. The summed E-state index contributed by atoms with van der Waals surface area (Å²) in [5.74, 6) is 0.538. The molecule has 0 unspecified atom stereocenters. The average molecular weight is 258 g/mol. The number of aromatic nitrogens is 2. The van der Waals surface area contributed by atoms with Crippen LogP contribution in [0.15, 0.2) is 28.2 Å². The lowest BCUT2D eigenvalue weighted by molar-refractivity contribution is 0.698. The second-order valence-electron chi connectivity index (χ2n) is 2.64. The molecular weight excluding hydrogens is 250 g/mol. The molecule has 0 amide bonds. The monoisotopic (exact) mass is 257 g/mol. The van der Waals surface area contributed by atoms with Gasteiger partial charge in [-0.1, -0.05) is 6.07 Å². The molecule has 0 fully saturated rings. The van der Waals surface area contributed by atoms with Crippen LogP contribution in [0.4, 0.5) is 5.82 Å². The topological polar surface area (TPSA) is 43.8 Å². The molecule has 0 aliphatic heterocycles. The fraction of sp³-hybridized carbons (Fsp3) is 0.125. The van der Waals surface area contributed by atoms with Gasteiger partial charge in [0.15, 0.2) is 5.82 Å². The van der Waals surface area contributed by atoms with E-state index >= 15 is 0 Å². The highest BCUT2D eigenvalue weighted by Gasteiger charge is 2.02. The fourth-order valence-electron chi connectivity index (χ4n) is 1.06. The summed E-state index contributed by atoms with van der Waals surface area (Å²) >= 11 is 5.03. The normalized spacial score (nSPS) is 10.5. The van der Waals surface area contributed by atoms with Crippen LogP contribution >= 0.6 is 27.3 Å². The first kappa shape index (κ1) is 8.77. The van der Waals surface area contributed by atoms with E-state index in [0.717, 1.165) is 11.0 Å². The van der Waals surface area contributed by atoms with E-state index in [-0.39, 0.29) is 0 Å². The van der Waals surface area contributed by atoms with Crippen molar-refractivity contribution in [3.63, 3.8) is 0 Å². The van der Waals surface area contributed by atoms with Crippen molar-refractivity contribution < 1.29 is 0 Å². The Morgan fingerprint density at radius 2 is 2.46 bits per heavy atom. The van der Waals surface area contributed by atoms with Gasteiger partial charge in [-0.3, -0.25) is 4.68 Å². The van der Waals surface area contributed by atoms with Crippen molar-refractivity contribution in [2.75, 3.05) is 5.73 Å². The summed E-state index contributed by atoms with van der Waals surface area (Å²) in [7, 11) is 0. The first-order valence-electron chi connectivity index (χ1n) is 3.76. The van der Waals surface area contributed by atoms with Gasteiger partial charge in [-0.25, -0.2) is 0 Å². The minimum atomic E-state index is 0.538. The maximum Gasteiger partial charge on any atom is 0.159 e. The van der Waals surface area contributed by atoms with Crippen molar-refractivity contribution in [1.82, 2.24) is 9.78 Å². The molecule has 0 aromatic carbocycles. The van der Waals surface area contributed by atoms with Crippen molar-refractivity contribution in [2.45, 2.75) is 6.54 Å². The maximum atomic E-state index is 5.59. The van der Waals surface area contributed by atoms with Crippen molar-refractivity contribution in [3.8, 4) is 0 Å². The molecule has 5 heteroatoms. The van der Waals surface area contributed by atoms with Crippen LogP contribution in [0, 0.1) is 0 Å². The van der Waals surface area contributed by atoms with Crippen LogP contribution in [0.5, 0.6) is 0 Å². The Morgan fingerprint density at radius 1 is 1.62 bits per heavy atom. The van der Waals surface area contributed by atoms with E-state index in [4.69, 9.17) is 5.73 Å². The Balaban J connectivity index is 2.19. The minimum absolute atomic E-state index is 0.538. The molecule has 0 spiro atoms. The van der Waals surface area contributed by atoms with Gasteiger partial charge in [-0.05, 0) is 27.4 Å². The van der Waals surface area contributed by atoms with Gasteiger partial charge in [0.1, 0.15) is 0 Å². The zero-order chi connectivity index (χ0) is 9.26. The predicted molar refractivity (Wildman–Crippen MR) is 57.8 cm³/mol. The molecule has 0 bridgehead atoms. The van der Waals surface area contributed by atoms with Crippen molar-refractivity contribution >= 4 is 33.1 Å². The van der Waals surface area contributed by atoms with E-state index < -0.39 is 0 Å².